The van der Waals surface area contributed by atoms with Crippen LogP contribution in [-0.2, 0) is 13.1 Å². The summed E-state index contributed by atoms with van der Waals surface area (Å²) < 4.78 is 4.11. The SMILES string of the molecule is Nc1cnc2c(ccn2Cc2ccccc2)c1.O=[N+]([O-])c1cnc2c(ccn2Cc2ccccc2)c1. The first kappa shape index (κ1) is 22.8. The van der Waals surface area contributed by atoms with Gasteiger partial charge in [-0.1, -0.05) is 60.7 Å². The van der Waals surface area contributed by atoms with Crippen LogP contribution >= 0.6 is 0 Å². The Bertz CT molecular complexity index is 1620. The van der Waals surface area contributed by atoms with E-state index in [0.717, 1.165) is 28.6 Å². The molecule has 0 aliphatic carbocycles. The summed E-state index contributed by atoms with van der Waals surface area (Å²) in [5, 5.41) is 12.6. The largest absolute Gasteiger partial charge is 0.397 e. The zero-order valence-corrected chi connectivity index (χ0v) is 19.4. The van der Waals surface area contributed by atoms with Crippen molar-refractivity contribution in [3.8, 4) is 0 Å². The number of nitrogen functional groups attached to an aromatic ring is 1. The molecule has 2 aromatic carbocycles. The van der Waals surface area contributed by atoms with Crippen molar-refractivity contribution >= 4 is 33.4 Å². The van der Waals surface area contributed by atoms with E-state index in [1.165, 1.54) is 17.3 Å². The molecule has 0 radical (unpaired) electrons. The third-order valence-corrected chi connectivity index (χ3v) is 5.81. The van der Waals surface area contributed by atoms with Crippen molar-refractivity contribution in [2.24, 2.45) is 0 Å². The molecule has 0 saturated carbocycles. The number of nitrogens with zero attached hydrogens (tertiary/aromatic N) is 5. The lowest BCUT2D eigenvalue weighted by molar-refractivity contribution is -0.385. The van der Waals surface area contributed by atoms with Crippen molar-refractivity contribution in [2.75, 3.05) is 5.73 Å². The minimum absolute atomic E-state index is 0.0185. The first-order chi connectivity index (χ1) is 17.6. The Morgan fingerprint density at radius 1 is 0.722 bits per heavy atom. The van der Waals surface area contributed by atoms with Crippen molar-refractivity contribution in [3.63, 3.8) is 0 Å². The maximum atomic E-state index is 10.7. The highest BCUT2D eigenvalue weighted by Gasteiger charge is 2.10. The van der Waals surface area contributed by atoms with Crippen molar-refractivity contribution in [1.29, 1.82) is 0 Å². The third kappa shape index (κ3) is 5.07. The zero-order valence-electron chi connectivity index (χ0n) is 19.4. The van der Waals surface area contributed by atoms with Gasteiger partial charge in [-0.2, -0.15) is 0 Å². The van der Waals surface area contributed by atoms with Crippen LogP contribution in [0.25, 0.3) is 22.1 Å². The van der Waals surface area contributed by atoms with E-state index in [9.17, 15) is 10.1 Å². The molecule has 2 N–H and O–H groups in total. The third-order valence-electron chi connectivity index (χ3n) is 5.81. The van der Waals surface area contributed by atoms with E-state index in [-0.39, 0.29) is 5.69 Å². The Balaban J connectivity index is 0.000000149. The van der Waals surface area contributed by atoms with E-state index in [4.69, 9.17) is 5.73 Å². The molecule has 0 amide bonds. The highest BCUT2D eigenvalue weighted by molar-refractivity contribution is 5.79. The van der Waals surface area contributed by atoms with Crippen LogP contribution < -0.4 is 5.73 Å². The lowest BCUT2D eigenvalue weighted by Crippen LogP contribution is -1.99. The van der Waals surface area contributed by atoms with Gasteiger partial charge in [0.25, 0.3) is 5.69 Å². The monoisotopic (exact) mass is 476 g/mol. The summed E-state index contributed by atoms with van der Waals surface area (Å²) >= 11 is 0. The van der Waals surface area contributed by atoms with Gasteiger partial charge in [0.2, 0.25) is 0 Å². The molecular formula is C28H24N6O2. The molecule has 0 saturated heterocycles. The number of nitro groups is 1. The van der Waals surface area contributed by atoms with Crippen LogP contribution in [0.15, 0.2) is 110 Å². The van der Waals surface area contributed by atoms with Gasteiger partial charge in [0.1, 0.15) is 17.5 Å². The molecule has 0 bridgehead atoms. The first-order valence-corrected chi connectivity index (χ1v) is 11.4. The van der Waals surface area contributed by atoms with Crippen LogP contribution in [0.4, 0.5) is 11.4 Å². The van der Waals surface area contributed by atoms with Crippen molar-refractivity contribution in [3.05, 3.63) is 131 Å². The van der Waals surface area contributed by atoms with Crippen LogP contribution in [0.5, 0.6) is 0 Å². The highest BCUT2D eigenvalue weighted by Crippen LogP contribution is 2.20. The number of hydrogen-bond donors (Lipinski definition) is 1. The molecule has 8 heteroatoms. The average Bonchev–Trinajstić information content (AvgIpc) is 3.49. The average molecular weight is 477 g/mol. The molecule has 8 nitrogen and oxygen atoms in total. The Morgan fingerprint density at radius 3 is 1.75 bits per heavy atom. The predicted octanol–water partition coefficient (Wildman–Crippen LogP) is 5.66. The Morgan fingerprint density at radius 2 is 1.22 bits per heavy atom. The normalized spacial score (nSPS) is 10.8. The molecule has 4 aromatic heterocycles. The molecule has 0 aliphatic heterocycles. The molecule has 0 atom stereocenters. The van der Waals surface area contributed by atoms with E-state index in [1.54, 1.807) is 12.3 Å². The van der Waals surface area contributed by atoms with Crippen LogP contribution in [0.2, 0.25) is 0 Å². The summed E-state index contributed by atoms with van der Waals surface area (Å²) in [7, 11) is 0. The molecule has 0 spiro atoms. The molecular weight excluding hydrogens is 452 g/mol. The second kappa shape index (κ2) is 10.1. The second-order valence-corrected chi connectivity index (χ2v) is 8.40. The summed E-state index contributed by atoms with van der Waals surface area (Å²) in [6, 6.07) is 27.8. The van der Waals surface area contributed by atoms with Gasteiger partial charge in [0, 0.05) is 42.3 Å². The number of aromatic nitrogens is 4. The summed E-state index contributed by atoms with van der Waals surface area (Å²) in [6.45, 7) is 1.54. The minimum Gasteiger partial charge on any atom is -0.397 e. The second-order valence-electron chi connectivity index (χ2n) is 8.40. The summed E-state index contributed by atoms with van der Waals surface area (Å²) in [5.41, 5.74) is 10.6. The maximum Gasteiger partial charge on any atom is 0.288 e. The van der Waals surface area contributed by atoms with Crippen LogP contribution in [0.3, 0.4) is 0 Å². The predicted molar refractivity (Wildman–Crippen MR) is 142 cm³/mol. The van der Waals surface area contributed by atoms with Gasteiger partial charge in [-0.15, -0.1) is 0 Å². The van der Waals surface area contributed by atoms with Gasteiger partial charge in [-0.05, 0) is 29.3 Å². The van der Waals surface area contributed by atoms with Crippen LogP contribution in [0, 0.1) is 10.1 Å². The van der Waals surface area contributed by atoms with Crippen LogP contribution in [-0.4, -0.2) is 24.0 Å². The molecule has 6 rings (SSSR count). The molecule has 0 aliphatic rings. The number of fused-ring (bicyclic) bond motifs is 2. The quantitative estimate of drug-likeness (QED) is 0.255. The molecule has 6 aromatic rings. The molecule has 36 heavy (non-hydrogen) atoms. The number of pyridine rings is 2. The van der Waals surface area contributed by atoms with Gasteiger partial charge < -0.3 is 14.9 Å². The number of rotatable bonds is 5. The topological polar surface area (TPSA) is 105 Å². The maximum absolute atomic E-state index is 10.7. The number of hydrogen-bond acceptors (Lipinski definition) is 5. The molecule has 0 unspecified atom stereocenters. The number of nitrogens with two attached hydrogens (primary N) is 1. The summed E-state index contributed by atoms with van der Waals surface area (Å²) in [5.74, 6) is 0. The van der Waals surface area contributed by atoms with E-state index in [2.05, 4.69) is 26.7 Å². The summed E-state index contributed by atoms with van der Waals surface area (Å²) in [4.78, 5) is 18.8. The lowest BCUT2D eigenvalue weighted by Gasteiger charge is -2.04. The fourth-order valence-electron chi connectivity index (χ4n) is 4.08. The van der Waals surface area contributed by atoms with Gasteiger partial charge in [-0.25, -0.2) is 9.97 Å². The summed E-state index contributed by atoms with van der Waals surface area (Å²) in [6.07, 6.45) is 6.94. The minimum atomic E-state index is -0.430. The lowest BCUT2D eigenvalue weighted by atomic mass is 10.2. The molecule has 0 fully saturated rings. The van der Waals surface area contributed by atoms with Gasteiger partial charge >= 0.3 is 0 Å². The van der Waals surface area contributed by atoms with Crippen LogP contribution in [0.1, 0.15) is 11.1 Å². The van der Waals surface area contributed by atoms with Crippen molar-refractivity contribution < 1.29 is 4.92 Å². The number of benzene rings is 2. The standard InChI is InChI=1S/C14H11N3O2.C14H13N3/c18-17(19)13-8-12-6-7-16(14(12)15-9-13)10-11-4-2-1-3-5-11;15-13-8-12-6-7-17(14(12)16-9-13)10-11-4-2-1-3-5-11/h1-9H,10H2;1-9H,10,15H2. The fraction of sp³-hybridized carbons (Fsp3) is 0.0714. The van der Waals surface area contributed by atoms with Crippen molar-refractivity contribution in [1.82, 2.24) is 19.1 Å². The van der Waals surface area contributed by atoms with Gasteiger partial charge in [-0.3, -0.25) is 10.1 Å². The molecule has 178 valence electrons. The Labute approximate surface area is 207 Å². The zero-order chi connectivity index (χ0) is 24.9. The van der Waals surface area contributed by atoms with E-state index < -0.39 is 4.92 Å². The van der Waals surface area contributed by atoms with E-state index in [1.807, 2.05) is 83.7 Å². The first-order valence-electron chi connectivity index (χ1n) is 11.4. The van der Waals surface area contributed by atoms with E-state index in [0.29, 0.717) is 12.2 Å². The van der Waals surface area contributed by atoms with Crippen molar-refractivity contribution in [2.45, 2.75) is 13.1 Å². The smallest absolute Gasteiger partial charge is 0.288 e. The Hall–Kier alpha value is -4.98. The number of anilines is 1. The van der Waals surface area contributed by atoms with Gasteiger partial charge in [0.15, 0.2) is 0 Å². The van der Waals surface area contributed by atoms with E-state index >= 15 is 0 Å². The fourth-order valence-corrected chi connectivity index (χ4v) is 4.08. The Kier molecular flexibility index (Phi) is 6.40. The van der Waals surface area contributed by atoms with Gasteiger partial charge in [0.05, 0.1) is 16.8 Å². The molecule has 4 heterocycles. The highest BCUT2D eigenvalue weighted by atomic mass is 16.6.